The summed E-state index contributed by atoms with van der Waals surface area (Å²) in [6.45, 7) is 16.5. The molecule has 2 nitrogen and oxygen atoms in total. The van der Waals surface area contributed by atoms with E-state index in [2.05, 4.69) is 46.4 Å². The molecule has 108 valence electrons. The van der Waals surface area contributed by atoms with E-state index in [4.69, 9.17) is 5.73 Å². The molecular weight excluding hydrogens is 220 g/mol. The van der Waals surface area contributed by atoms with Crippen LogP contribution in [0.5, 0.6) is 0 Å². The maximum Gasteiger partial charge on any atom is 0.0295 e. The third kappa shape index (κ3) is 4.24. The lowest BCUT2D eigenvalue weighted by Crippen LogP contribution is -2.54. The Hall–Kier alpha value is -0.0800. The number of nitrogens with two attached hydrogens (primary N) is 1. The predicted molar refractivity (Wildman–Crippen MR) is 80.7 cm³/mol. The van der Waals surface area contributed by atoms with Crippen LogP contribution in [0.4, 0.5) is 0 Å². The lowest BCUT2D eigenvalue weighted by atomic mass is 9.80. The van der Waals surface area contributed by atoms with Crippen molar-refractivity contribution in [2.75, 3.05) is 13.1 Å². The molecule has 2 atom stereocenters. The Morgan fingerprint density at radius 3 is 2.28 bits per heavy atom. The monoisotopic (exact) mass is 254 g/mol. The Morgan fingerprint density at radius 1 is 1.17 bits per heavy atom. The van der Waals surface area contributed by atoms with Crippen LogP contribution in [0.3, 0.4) is 0 Å². The number of hydrogen-bond acceptors (Lipinski definition) is 2. The number of hydrogen-bond donors (Lipinski definition) is 1. The summed E-state index contributed by atoms with van der Waals surface area (Å²) in [5.41, 5.74) is 7.19. The van der Waals surface area contributed by atoms with Crippen LogP contribution >= 0.6 is 0 Å². The van der Waals surface area contributed by atoms with E-state index < -0.39 is 0 Å². The van der Waals surface area contributed by atoms with Gasteiger partial charge in [-0.25, -0.2) is 0 Å². The number of likely N-dealkylation sites (tertiary alicyclic amines) is 1. The zero-order valence-electron chi connectivity index (χ0n) is 13.4. The highest BCUT2D eigenvalue weighted by Crippen LogP contribution is 2.34. The molecule has 0 bridgehead atoms. The molecule has 2 heteroatoms. The molecule has 1 aliphatic rings. The van der Waals surface area contributed by atoms with Gasteiger partial charge in [0.05, 0.1) is 0 Å². The molecule has 0 aromatic carbocycles. The van der Waals surface area contributed by atoms with E-state index >= 15 is 0 Å². The van der Waals surface area contributed by atoms with Crippen LogP contribution in [-0.2, 0) is 0 Å². The highest BCUT2D eigenvalue weighted by molar-refractivity contribution is 4.92. The van der Waals surface area contributed by atoms with Gasteiger partial charge in [-0.2, -0.15) is 0 Å². The molecule has 1 aliphatic heterocycles. The van der Waals surface area contributed by atoms with Crippen LogP contribution in [0.2, 0.25) is 0 Å². The molecule has 1 saturated heterocycles. The van der Waals surface area contributed by atoms with Gasteiger partial charge in [-0.15, -0.1) is 0 Å². The lowest BCUT2D eigenvalue weighted by Gasteiger charge is -2.43. The van der Waals surface area contributed by atoms with Crippen molar-refractivity contribution < 1.29 is 0 Å². The Labute approximate surface area is 114 Å². The van der Waals surface area contributed by atoms with Gasteiger partial charge in [-0.3, -0.25) is 4.90 Å². The minimum atomic E-state index is 0.268. The summed E-state index contributed by atoms with van der Waals surface area (Å²) >= 11 is 0. The highest BCUT2D eigenvalue weighted by atomic mass is 15.2. The standard InChI is InChI=1S/C16H34N2/c1-7-13(17)14(15(2,3)4)18-11-8-9-16(5,6)10-12-18/h13-14H,7-12,17H2,1-6H3. The fourth-order valence-electron chi connectivity index (χ4n) is 3.41. The zero-order valence-corrected chi connectivity index (χ0v) is 13.4. The van der Waals surface area contributed by atoms with Crippen molar-refractivity contribution in [2.24, 2.45) is 16.6 Å². The molecule has 0 aromatic rings. The smallest absolute Gasteiger partial charge is 0.0295 e. The minimum Gasteiger partial charge on any atom is -0.326 e. The van der Waals surface area contributed by atoms with Gasteiger partial charge < -0.3 is 5.73 Å². The van der Waals surface area contributed by atoms with Crippen molar-refractivity contribution in [3.8, 4) is 0 Å². The molecule has 0 spiro atoms. The van der Waals surface area contributed by atoms with Gasteiger partial charge in [0.2, 0.25) is 0 Å². The third-order valence-corrected chi connectivity index (χ3v) is 4.53. The maximum atomic E-state index is 6.41. The average Bonchev–Trinajstić information content (AvgIpc) is 2.38. The van der Waals surface area contributed by atoms with Crippen LogP contribution in [0.15, 0.2) is 0 Å². The van der Waals surface area contributed by atoms with Crippen molar-refractivity contribution in [1.82, 2.24) is 4.90 Å². The second-order valence-electron chi connectivity index (χ2n) is 7.94. The number of rotatable bonds is 3. The van der Waals surface area contributed by atoms with Gasteiger partial charge in [0.25, 0.3) is 0 Å². The summed E-state index contributed by atoms with van der Waals surface area (Å²) in [7, 11) is 0. The summed E-state index contributed by atoms with van der Waals surface area (Å²) in [6.07, 6.45) is 5.04. The predicted octanol–water partition coefficient (Wildman–Crippen LogP) is 3.65. The first-order valence-corrected chi connectivity index (χ1v) is 7.67. The zero-order chi connectivity index (χ0) is 14.0. The molecule has 0 aromatic heterocycles. The topological polar surface area (TPSA) is 29.3 Å². The van der Waals surface area contributed by atoms with E-state index in [1.807, 2.05) is 0 Å². The number of nitrogens with zero attached hydrogens (tertiary/aromatic N) is 1. The Bertz CT molecular complexity index is 252. The first-order valence-electron chi connectivity index (χ1n) is 7.67. The lowest BCUT2D eigenvalue weighted by molar-refractivity contribution is 0.0766. The molecule has 1 fully saturated rings. The molecule has 0 saturated carbocycles. The normalized spacial score (nSPS) is 25.5. The third-order valence-electron chi connectivity index (χ3n) is 4.53. The Kier molecular flexibility index (Phi) is 5.25. The van der Waals surface area contributed by atoms with Crippen molar-refractivity contribution in [2.45, 2.75) is 79.3 Å². The summed E-state index contributed by atoms with van der Waals surface area (Å²) in [5, 5.41) is 0. The van der Waals surface area contributed by atoms with Crippen LogP contribution in [-0.4, -0.2) is 30.1 Å². The minimum absolute atomic E-state index is 0.268. The van der Waals surface area contributed by atoms with E-state index in [1.54, 1.807) is 0 Å². The molecule has 1 heterocycles. The van der Waals surface area contributed by atoms with Crippen molar-refractivity contribution in [3.05, 3.63) is 0 Å². The van der Waals surface area contributed by atoms with Crippen molar-refractivity contribution in [1.29, 1.82) is 0 Å². The van der Waals surface area contributed by atoms with E-state index in [-0.39, 0.29) is 5.41 Å². The summed E-state index contributed by atoms with van der Waals surface area (Å²) < 4.78 is 0. The van der Waals surface area contributed by atoms with Crippen LogP contribution in [0.25, 0.3) is 0 Å². The molecule has 0 amide bonds. The fraction of sp³-hybridized carbons (Fsp3) is 1.00. The summed E-state index contributed by atoms with van der Waals surface area (Å²) in [4.78, 5) is 2.67. The van der Waals surface area contributed by atoms with E-state index in [9.17, 15) is 0 Å². The van der Waals surface area contributed by atoms with Crippen molar-refractivity contribution in [3.63, 3.8) is 0 Å². The van der Waals surface area contributed by atoms with Crippen LogP contribution in [0, 0.1) is 10.8 Å². The van der Waals surface area contributed by atoms with Gasteiger partial charge in [0.1, 0.15) is 0 Å². The SMILES string of the molecule is CCC(N)C(N1CCCC(C)(C)CC1)C(C)(C)C. The van der Waals surface area contributed by atoms with Gasteiger partial charge >= 0.3 is 0 Å². The summed E-state index contributed by atoms with van der Waals surface area (Å²) in [5.74, 6) is 0. The van der Waals surface area contributed by atoms with Crippen molar-refractivity contribution >= 4 is 0 Å². The van der Waals surface area contributed by atoms with E-state index in [0.29, 0.717) is 17.5 Å². The second-order valence-corrected chi connectivity index (χ2v) is 7.94. The van der Waals surface area contributed by atoms with E-state index in [0.717, 1.165) is 6.42 Å². The Balaban J connectivity index is 2.80. The quantitative estimate of drug-likeness (QED) is 0.833. The maximum absolute atomic E-state index is 6.41. The molecule has 2 N–H and O–H groups in total. The van der Waals surface area contributed by atoms with Gasteiger partial charge in [0, 0.05) is 12.1 Å². The van der Waals surface area contributed by atoms with E-state index in [1.165, 1.54) is 32.4 Å². The Morgan fingerprint density at radius 2 is 1.78 bits per heavy atom. The average molecular weight is 254 g/mol. The summed E-state index contributed by atoms with van der Waals surface area (Å²) in [6, 6.07) is 0.808. The molecule has 2 unspecified atom stereocenters. The molecule has 0 aliphatic carbocycles. The molecule has 1 rings (SSSR count). The molecular formula is C16H34N2. The highest BCUT2D eigenvalue weighted by Gasteiger charge is 2.36. The van der Waals surface area contributed by atoms with Crippen LogP contribution in [0.1, 0.15) is 67.2 Å². The first-order chi connectivity index (χ1) is 8.17. The van der Waals surface area contributed by atoms with Gasteiger partial charge in [-0.1, -0.05) is 41.5 Å². The van der Waals surface area contributed by atoms with Crippen LogP contribution < -0.4 is 5.73 Å². The molecule has 0 radical (unpaired) electrons. The molecule has 18 heavy (non-hydrogen) atoms. The van der Waals surface area contributed by atoms with Gasteiger partial charge in [0.15, 0.2) is 0 Å². The first kappa shape index (κ1) is 16.0. The fourth-order valence-corrected chi connectivity index (χ4v) is 3.41. The van der Waals surface area contributed by atoms with Gasteiger partial charge in [-0.05, 0) is 49.6 Å². The second kappa shape index (κ2) is 5.92. The largest absolute Gasteiger partial charge is 0.326 e.